The van der Waals surface area contributed by atoms with Gasteiger partial charge in [0.25, 0.3) is 5.91 Å². The largest absolute Gasteiger partial charge is 0.324 e. The van der Waals surface area contributed by atoms with Crippen LogP contribution in [-0.2, 0) is 9.59 Å². The quantitative estimate of drug-likeness (QED) is 0.450. The summed E-state index contributed by atoms with van der Waals surface area (Å²) in [5.41, 5.74) is 4.06. The summed E-state index contributed by atoms with van der Waals surface area (Å²) in [6.07, 6.45) is 0.499. The van der Waals surface area contributed by atoms with Gasteiger partial charge in [0.2, 0.25) is 5.91 Å². The Kier molecular flexibility index (Phi) is 6.89. The summed E-state index contributed by atoms with van der Waals surface area (Å²) in [4.78, 5) is 29.5. The van der Waals surface area contributed by atoms with Gasteiger partial charge < -0.3 is 5.32 Å². The third kappa shape index (κ3) is 5.20. The summed E-state index contributed by atoms with van der Waals surface area (Å²) in [5, 5.41) is 9.51. The lowest BCUT2D eigenvalue weighted by Crippen LogP contribution is -2.25. The number of hydrazone groups is 1. The molecule has 2 aliphatic heterocycles. The van der Waals surface area contributed by atoms with Gasteiger partial charge in [-0.25, -0.2) is 9.40 Å². The van der Waals surface area contributed by atoms with E-state index in [1.807, 2.05) is 43.3 Å². The minimum Gasteiger partial charge on any atom is -0.324 e. The van der Waals surface area contributed by atoms with Gasteiger partial charge in [0.15, 0.2) is 5.17 Å². The van der Waals surface area contributed by atoms with Crippen LogP contribution in [0.5, 0.6) is 0 Å². The second kappa shape index (κ2) is 10.2. The first-order valence-electron chi connectivity index (χ1n) is 11.4. The van der Waals surface area contributed by atoms with Crippen molar-refractivity contribution < 1.29 is 14.0 Å². The van der Waals surface area contributed by atoms with Gasteiger partial charge in [-0.1, -0.05) is 77.5 Å². The van der Waals surface area contributed by atoms with E-state index in [9.17, 15) is 14.0 Å². The van der Waals surface area contributed by atoms with Crippen LogP contribution >= 0.6 is 23.4 Å². The fourth-order valence-electron chi connectivity index (χ4n) is 4.09. The second-order valence-electron chi connectivity index (χ2n) is 8.60. The fourth-order valence-corrected chi connectivity index (χ4v) is 5.28. The van der Waals surface area contributed by atoms with Crippen molar-refractivity contribution in [1.82, 2.24) is 5.01 Å². The van der Waals surface area contributed by atoms with Gasteiger partial charge in [-0.2, -0.15) is 10.1 Å². The summed E-state index contributed by atoms with van der Waals surface area (Å²) in [6.45, 7) is 2.03. The topological polar surface area (TPSA) is 74.1 Å². The number of hydrogen-bond donors (Lipinski definition) is 1. The van der Waals surface area contributed by atoms with Crippen LogP contribution < -0.4 is 5.32 Å². The molecule has 1 N–H and O–H groups in total. The molecule has 0 aromatic heterocycles. The Morgan fingerprint density at radius 2 is 1.83 bits per heavy atom. The predicted molar refractivity (Wildman–Crippen MR) is 142 cm³/mol. The lowest BCUT2D eigenvalue weighted by molar-refractivity contribution is -0.121. The smallest absolute Gasteiger partial charge is 0.262 e. The summed E-state index contributed by atoms with van der Waals surface area (Å²) >= 11 is 7.26. The number of nitrogens with zero attached hydrogens (tertiary/aromatic N) is 3. The van der Waals surface area contributed by atoms with Gasteiger partial charge in [-0.3, -0.25) is 9.59 Å². The molecule has 2 atom stereocenters. The Labute approximate surface area is 217 Å². The number of halogens is 2. The normalized spacial score (nSPS) is 19.3. The molecule has 5 rings (SSSR count). The van der Waals surface area contributed by atoms with Gasteiger partial charge >= 0.3 is 0 Å². The molecule has 0 spiro atoms. The van der Waals surface area contributed by atoms with E-state index in [1.165, 1.54) is 23.9 Å². The van der Waals surface area contributed by atoms with Crippen LogP contribution in [0.15, 0.2) is 82.9 Å². The Morgan fingerprint density at radius 3 is 2.56 bits per heavy atom. The Balaban J connectivity index is 1.36. The van der Waals surface area contributed by atoms with Crippen LogP contribution in [0.3, 0.4) is 0 Å². The van der Waals surface area contributed by atoms with E-state index in [1.54, 1.807) is 17.1 Å². The summed E-state index contributed by atoms with van der Waals surface area (Å²) < 4.78 is 13.9. The number of thioether (sulfide) groups is 1. The molecule has 182 valence electrons. The SMILES string of the molecule is Cc1ccc([C@H]2CC(c3ccc(Cl)cc3)=NN2C2=NC(=O)[C@H](CC(=O)Nc3ccccc3F)S2)cc1. The zero-order valence-corrected chi connectivity index (χ0v) is 20.9. The highest BCUT2D eigenvalue weighted by molar-refractivity contribution is 8.15. The number of carbonyl (C=O) groups is 2. The first-order valence-corrected chi connectivity index (χ1v) is 12.7. The van der Waals surface area contributed by atoms with Crippen LogP contribution in [0.25, 0.3) is 0 Å². The molecule has 0 unspecified atom stereocenters. The minimum atomic E-state index is -0.708. The van der Waals surface area contributed by atoms with Gasteiger partial charge in [-0.05, 0) is 42.3 Å². The Hall–Kier alpha value is -3.49. The third-order valence-corrected chi connectivity index (χ3v) is 7.39. The molecule has 0 fully saturated rings. The number of aryl methyl sites for hydroxylation is 1. The third-order valence-electron chi connectivity index (χ3n) is 5.99. The Bertz CT molecular complexity index is 1380. The maximum absolute atomic E-state index is 13.9. The molecule has 3 aromatic carbocycles. The van der Waals surface area contributed by atoms with Crippen LogP contribution in [0, 0.1) is 12.7 Å². The number of nitrogens with one attached hydrogen (secondary N) is 1. The number of anilines is 1. The van der Waals surface area contributed by atoms with Crippen LogP contribution in [0.2, 0.25) is 5.02 Å². The molecule has 2 heterocycles. The molecule has 0 aliphatic carbocycles. The van der Waals surface area contributed by atoms with Crippen molar-refractivity contribution in [3.63, 3.8) is 0 Å². The number of carbonyl (C=O) groups excluding carboxylic acids is 2. The molecule has 9 heteroatoms. The monoisotopic (exact) mass is 520 g/mol. The van der Waals surface area contributed by atoms with E-state index >= 15 is 0 Å². The van der Waals surface area contributed by atoms with Crippen molar-refractivity contribution in [3.05, 3.63) is 100 Å². The number of amides is 2. The van der Waals surface area contributed by atoms with Gasteiger partial charge in [0.1, 0.15) is 11.1 Å². The average Bonchev–Trinajstić information content (AvgIpc) is 3.45. The lowest BCUT2D eigenvalue weighted by atomic mass is 9.98. The van der Waals surface area contributed by atoms with E-state index in [0.29, 0.717) is 16.6 Å². The van der Waals surface area contributed by atoms with E-state index in [4.69, 9.17) is 16.7 Å². The van der Waals surface area contributed by atoms with E-state index in [0.717, 1.165) is 22.4 Å². The number of aliphatic imine (C=N–C) groups is 1. The molecule has 3 aromatic rings. The molecule has 2 aliphatic rings. The van der Waals surface area contributed by atoms with Crippen LogP contribution in [0.1, 0.15) is 35.6 Å². The van der Waals surface area contributed by atoms with Gasteiger partial charge in [-0.15, -0.1) is 0 Å². The standard InChI is InChI=1S/C27H22ClFN4O2S/c1-16-6-8-18(9-7-16)23-14-22(17-10-12-19(28)13-11-17)32-33(23)27-31-26(35)24(36-27)15-25(34)30-21-5-3-2-4-20(21)29/h2-13,23-24H,14-15H2,1H3,(H,30,34)/t23-,24+/m1/s1. The fraction of sp³-hybridized carbons (Fsp3) is 0.185. The Morgan fingerprint density at radius 1 is 1.11 bits per heavy atom. The van der Waals surface area contributed by atoms with Crippen LogP contribution in [0.4, 0.5) is 10.1 Å². The molecule has 0 saturated heterocycles. The molecular weight excluding hydrogens is 499 g/mol. The van der Waals surface area contributed by atoms with Crippen LogP contribution in [-0.4, -0.2) is 33.0 Å². The van der Waals surface area contributed by atoms with E-state index in [-0.39, 0.29) is 18.2 Å². The van der Waals surface area contributed by atoms with E-state index < -0.39 is 22.9 Å². The van der Waals surface area contributed by atoms with Crippen molar-refractivity contribution in [1.29, 1.82) is 0 Å². The highest BCUT2D eigenvalue weighted by Crippen LogP contribution is 2.38. The molecule has 0 saturated carbocycles. The second-order valence-corrected chi connectivity index (χ2v) is 10.2. The first kappa shape index (κ1) is 24.2. The summed E-state index contributed by atoms with van der Waals surface area (Å²) in [7, 11) is 0. The zero-order valence-electron chi connectivity index (χ0n) is 19.3. The van der Waals surface area contributed by atoms with E-state index in [2.05, 4.69) is 22.4 Å². The van der Waals surface area contributed by atoms with Gasteiger partial charge in [0.05, 0.1) is 17.4 Å². The predicted octanol–water partition coefficient (Wildman–Crippen LogP) is 5.97. The molecule has 0 radical (unpaired) electrons. The highest BCUT2D eigenvalue weighted by Gasteiger charge is 2.39. The maximum atomic E-state index is 13.9. The number of benzene rings is 3. The van der Waals surface area contributed by atoms with Crippen molar-refractivity contribution >= 4 is 51.7 Å². The summed E-state index contributed by atoms with van der Waals surface area (Å²) in [5.74, 6) is -1.39. The molecule has 6 nitrogen and oxygen atoms in total. The number of hydrogen-bond acceptors (Lipinski definition) is 5. The van der Waals surface area contributed by atoms with Crippen molar-refractivity contribution in [2.75, 3.05) is 5.32 Å². The minimum absolute atomic E-state index is 0.0790. The first-order chi connectivity index (χ1) is 17.4. The van der Waals surface area contributed by atoms with Crippen molar-refractivity contribution in [2.45, 2.75) is 31.1 Å². The summed E-state index contributed by atoms with van der Waals surface area (Å²) in [6, 6.07) is 21.4. The average molecular weight is 521 g/mol. The van der Waals surface area contributed by atoms with Crippen molar-refractivity contribution in [2.24, 2.45) is 10.1 Å². The number of para-hydroxylation sites is 1. The maximum Gasteiger partial charge on any atom is 0.262 e. The molecular formula is C27H22ClFN4O2S. The lowest BCUT2D eigenvalue weighted by Gasteiger charge is -2.23. The molecule has 36 heavy (non-hydrogen) atoms. The van der Waals surface area contributed by atoms with Crippen molar-refractivity contribution in [3.8, 4) is 0 Å². The van der Waals surface area contributed by atoms with Gasteiger partial charge in [0, 0.05) is 17.9 Å². The highest BCUT2D eigenvalue weighted by atomic mass is 35.5. The number of rotatable bonds is 5. The molecule has 2 amide bonds. The molecule has 0 bridgehead atoms. The zero-order chi connectivity index (χ0) is 25.2. The number of amidine groups is 1.